The van der Waals surface area contributed by atoms with E-state index in [0.717, 1.165) is 34.4 Å². The summed E-state index contributed by atoms with van der Waals surface area (Å²) in [6.45, 7) is 7.02. The molecule has 0 atom stereocenters. The fourth-order valence-corrected chi connectivity index (χ4v) is 3.96. The maximum absolute atomic E-state index is 12.9. The molecule has 1 fully saturated rings. The van der Waals surface area contributed by atoms with Crippen LogP contribution in [0.25, 0.3) is 17.2 Å². The number of carbonyl (C=O) groups is 1. The van der Waals surface area contributed by atoms with Gasteiger partial charge in [0.05, 0.1) is 5.69 Å². The molecule has 0 radical (unpaired) electrons. The third-order valence-electron chi connectivity index (χ3n) is 5.90. The minimum atomic E-state index is -0.648. The molecule has 1 saturated heterocycles. The summed E-state index contributed by atoms with van der Waals surface area (Å²) in [7, 11) is 0. The van der Waals surface area contributed by atoms with Gasteiger partial charge in [0, 0.05) is 19.6 Å². The van der Waals surface area contributed by atoms with Gasteiger partial charge in [0.25, 0.3) is 5.56 Å². The lowest BCUT2D eigenvalue weighted by Gasteiger charge is -2.19. The maximum Gasteiger partial charge on any atom is 0.352 e. The van der Waals surface area contributed by atoms with Crippen molar-refractivity contribution in [2.45, 2.75) is 46.1 Å². The Morgan fingerprint density at radius 2 is 1.79 bits per heavy atom. The molecule has 11 nitrogen and oxygen atoms in total. The second kappa shape index (κ2) is 10.6. The SMILES string of the molecule is CCn1c(=O)c(-c2noc(C(=O)NCCN3CCCCCC3)n2)nn(-c2ccc(C)cc2)c1=O. The molecule has 180 valence electrons. The largest absolute Gasteiger partial charge is 0.352 e. The fraction of sp³-hybridized carbons (Fsp3) is 0.478. The zero-order chi connectivity index (χ0) is 24.1. The van der Waals surface area contributed by atoms with Gasteiger partial charge in [-0.3, -0.25) is 14.2 Å². The molecule has 1 aliphatic rings. The molecule has 3 heterocycles. The van der Waals surface area contributed by atoms with Crippen LogP contribution >= 0.6 is 0 Å². The van der Waals surface area contributed by atoms with Gasteiger partial charge >= 0.3 is 17.5 Å². The summed E-state index contributed by atoms with van der Waals surface area (Å²) in [5.41, 5.74) is 0.119. The number of hydrogen-bond acceptors (Lipinski definition) is 8. The van der Waals surface area contributed by atoms with E-state index in [2.05, 4.69) is 25.5 Å². The molecular formula is C23H29N7O4. The molecule has 11 heteroatoms. The van der Waals surface area contributed by atoms with Gasteiger partial charge in [0.1, 0.15) is 0 Å². The van der Waals surface area contributed by atoms with Gasteiger partial charge < -0.3 is 14.7 Å². The van der Waals surface area contributed by atoms with Crippen molar-refractivity contribution in [3.05, 3.63) is 56.6 Å². The van der Waals surface area contributed by atoms with E-state index in [-0.39, 0.29) is 24.0 Å². The number of rotatable bonds is 7. The van der Waals surface area contributed by atoms with Crippen LogP contribution in [0, 0.1) is 6.92 Å². The van der Waals surface area contributed by atoms with E-state index in [4.69, 9.17) is 4.52 Å². The number of aryl methyl sites for hydroxylation is 1. The molecule has 1 aromatic carbocycles. The van der Waals surface area contributed by atoms with Crippen molar-refractivity contribution in [1.29, 1.82) is 0 Å². The van der Waals surface area contributed by atoms with E-state index in [9.17, 15) is 14.4 Å². The Morgan fingerprint density at radius 3 is 2.47 bits per heavy atom. The number of hydrogen-bond donors (Lipinski definition) is 1. The molecule has 0 unspecified atom stereocenters. The highest BCUT2D eigenvalue weighted by molar-refractivity contribution is 5.89. The Morgan fingerprint density at radius 1 is 1.09 bits per heavy atom. The van der Waals surface area contributed by atoms with Crippen LogP contribution in [0.4, 0.5) is 0 Å². The summed E-state index contributed by atoms with van der Waals surface area (Å²) in [5, 5.41) is 10.8. The van der Waals surface area contributed by atoms with Crippen LogP contribution in [0.1, 0.15) is 48.9 Å². The zero-order valence-electron chi connectivity index (χ0n) is 19.5. The summed E-state index contributed by atoms with van der Waals surface area (Å²) in [4.78, 5) is 44.6. The second-order valence-electron chi connectivity index (χ2n) is 8.36. The number of carbonyl (C=O) groups excluding carboxylic acids is 1. The van der Waals surface area contributed by atoms with E-state index in [0.29, 0.717) is 12.2 Å². The fourth-order valence-electron chi connectivity index (χ4n) is 3.96. The normalized spacial score (nSPS) is 14.6. The van der Waals surface area contributed by atoms with Crippen molar-refractivity contribution < 1.29 is 9.32 Å². The van der Waals surface area contributed by atoms with Crippen molar-refractivity contribution in [3.8, 4) is 17.2 Å². The molecule has 4 rings (SSSR count). The third-order valence-corrected chi connectivity index (χ3v) is 5.90. The number of amides is 1. The average Bonchev–Trinajstić information content (AvgIpc) is 3.18. The van der Waals surface area contributed by atoms with Gasteiger partial charge in [0.2, 0.25) is 5.82 Å². The minimum Gasteiger partial charge on any atom is -0.347 e. The lowest BCUT2D eigenvalue weighted by molar-refractivity contribution is 0.0904. The van der Waals surface area contributed by atoms with E-state index in [1.54, 1.807) is 19.1 Å². The molecule has 0 spiro atoms. The van der Waals surface area contributed by atoms with Crippen LogP contribution in [-0.4, -0.2) is 61.5 Å². The highest BCUT2D eigenvalue weighted by Crippen LogP contribution is 2.11. The van der Waals surface area contributed by atoms with Crippen molar-refractivity contribution in [1.82, 2.24) is 34.7 Å². The summed E-state index contributed by atoms with van der Waals surface area (Å²) in [6, 6.07) is 7.15. The predicted molar refractivity (Wildman–Crippen MR) is 125 cm³/mol. The van der Waals surface area contributed by atoms with Crippen LogP contribution < -0.4 is 16.6 Å². The van der Waals surface area contributed by atoms with E-state index in [1.165, 1.54) is 25.7 Å². The van der Waals surface area contributed by atoms with Crippen molar-refractivity contribution in [2.24, 2.45) is 0 Å². The van der Waals surface area contributed by atoms with Crippen molar-refractivity contribution >= 4 is 5.91 Å². The van der Waals surface area contributed by atoms with Crippen LogP contribution in [0.2, 0.25) is 0 Å². The molecule has 34 heavy (non-hydrogen) atoms. The van der Waals surface area contributed by atoms with Crippen LogP contribution in [0.5, 0.6) is 0 Å². The smallest absolute Gasteiger partial charge is 0.347 e. The Balaban J connectivity index is 1.54. The van der Waals surface area contributed by atoms with Gasteiger partial charge in [-0.1, -0.05) is 35.7 Å². The second-order valence-corrected chi connectivity index (χ2v) is 8.36. The molecule has 3 aromatic rings. The molecule has 1 amide bonds. The Bertz CT molecular complexity index is 1250. The first kappa shape index (κ1) is 23.6. The Labute approximate surface area is 196 Å². The first-order valence-electron chi connectivity index (χ1n) is 11.6. The Kier molecular flexibility index (Phi) is 7.31. The van der Waals surface area contributed by atoms with Crippen LogP contribution in [0.3, 0.4) is 0 Å². The van der Waals surface area contributed by atoms with Gasteiger partial charge in [-0.15, -0.1) is 0 Å². The molecule has 0 bridgehead atoms. The number of benzene rings is 1. The quantitative estimate of drug-likeness (QED) is 0.552. The molecule has 2 aromatic heterocycles. The first-order chi connectivity index (χ1) is 16.5. The van der Waals surface area contributed by atoms with E-state index < -0.39 is 17.2 Å². The predicted octanol–water partition coefficient (Wildman–Crippen LogP) is 1.38. The first-order valence-corrected chi connectivity index (χ1v) is 11.6. The van der Waals surface area contributed by atoms with Gasteiger partial charge in [-0.2, -0.15) is 14.8 Å². The van der Waals surface area contributed by atoms with Gasteiger partial charge in [-0.05, 0) is 51.9 Å². The lowest BCUT2D eigenvalue weighted by Crippen LogP contribution is -2.41. The molecule has 1 aliphatic heterocycles. The standard InChI is InChI=1S/C23H29N7O4/c1-3-29-22(32)18(26-30(23(29)33)17-10-8-16(2)9-11-17)19-25-21(34-27-19)20(31)24-12-15-28-13-6-4-5-7-14-28/h8-11H,3-7,12-15H2,1-2H3,(H,24,31). The van der Waals surface area contributed by atoms with E-state index in [1.807, 2.05) is 19.1 Å². The maximum atomic E-state index is 12.9. The zero-order valence-corrected chi connectivity index (χ0v) is 19.5. The number of nitrogens with zero attached hydrogens (tertiary/aromatic N) is 6. The van der Waals surface area contributed by atoms with E-state index >= 15 is 0 Å². The van der Waals surface area contributed by atoms with Gasteiger partial charge in [-0.25, -0.2) is 4.79 Å². The van der Waals surface area contributed by atoms with Crippen LogP contribution in [-0.2, 0) is 6.54 Å². The average molecular weight is 468 g/mol. The van der Waals surface area contributed by atoms with Gasteiger partial charge in [0.15, 0.2) is 5.69 Å². The summed E-state index contributed by atoms with van der Waals surface area (Å²) in [6.07, 6.45) is 4.85. The number of likely N-dealkylation sites (tertiary alicyclic amines) is 1. The summed E-state index contributed by atoms with van der Waals surface area (Å²) >= 11 is 0. The minimum absolute atomic E-state index is 0.140. The molecule has 1 N–H and O–H groups in total. The molecular weight excluding hydrogens is 438 g/mol. The Hall–Kier alpha value is -3.60. The third kappa shape index (κ3) is 5.14. The topological polar surface area (TPSA) is 128 Å². The monoisotopic (exact) mass is 467 g/mol. The van der Waals surface area contributed by atoms with Crippen molar-refractivity contribution in [2.75, 3.05) is 26.2 Å². The number of nitrogens with one attached hydrogen (secondary N) is 1. The van der Waals surface area contributed by atoms with Crippen LogP contribution in [0.15, 0.2) is 38.4 Å². The molecule has 0 aliphatic carbocycles. The highest BCUT2D eigenvalue weighted by atomic mass is 16.5. The molecule has 0 saturated carbocycles. The summed E-state index contributed by atoms with van der Waals surface area (Å²) < 4.78 is 7.26. The summed E-state index contributed by atoms with van der Waals surface area (Å²) in [5.74, 6) is -0.926. The highest BCUT2D eigenvalue weighted by Gasteiger charge is 2.22. The lowest BCUT2D eigenvalue weighted by atomic mass is 10.2. The van der Waals surface area contributed by atoms with Crippen molar-refractivity contribution in [3.63, 3.8) is 0 Å². The number of aromatic nitrogens is 5.